The number of aliphatic carboxylic acids is 2. The van der Waals surface area contributed by atoms with Crippen molar-refractivity contribution in [1.82, 2.24) is 47.4 Å². The van der Waals surface area contributed by atoms with Gasteiger partial charge in [-0.2, -0.15) is 0 Å². The van der Waals surface area contributed by atoms with Gasteiger partial charge in [-0.1, -0.05) is 56.3 Å². The average Bonchev–Trinajstić information content (AvgIpc) is 1.56. The van der Waals surface area contributed by atoms with Crippen molar-refractivity contribution in [2.75, 3.05) is 43.9 Å². The van der Waals surface area contributed by atoms with E-state index in [1.807, 2.05) is 5.32 Å². The number of aliphatic hydroxyl groups excluding tert-OH is 2. The molecule has 0 aliphatic carbocycles. The number of nitrogen functional groups attached to an aromatic ring is 1. The molecule has 10 amide bonds. The SMILES string of the molecule is CC(C)[C@H](NC(=O)c1ccccc1N)C(=O)N[C@@H](CO)C(=O)N1CCC[C@H]1C(=O)N[C@@H](CCCN=C(N)N)C(=O)N[C@@H](CO)C(=O)N[C@@H](Cc1ccccc1)C(=O)N[C@@H](CCC(N)=O)C(=O)N[C@@H](CCCCNc1ccc([N+](=O)[O-])cc1[N+](=O)[O-])C(=O)N[C@@H](CC(=O)O)C(=O)O. The highest BCUT2D eigenvalue weighted by Gasteiger charge is 2.41. The molecular formula is C59H81N17O20. The molecule has 0 spiro atoms. The molecule has 96 heavy (non-hydrogen) atoms. The maximum atomic E-state index is 14.5. The zero-order valence-corrected chi connectivity index (χ0v) is 52.4. The molecule has 1 aliphatic rings. The Labute approximate surface area is 548 Å². The number of hydrogen-bond acceptors (Lipinski definition) is 21. The Kier molecular flexibility index (Phi) is 30.7. The van der Waals surface area contributed by atoms with Gasteiger partial charge in [-0.3, -0.25) is 78.0 Å². The fraction of sp³-hybridized carbons (Fsp3) is 0.475. The first-order chi connectivity index (χ1) is 45.5. The number of aliphatic hydroxyl groups is 2. The Morgan fingerprint density at radius 1 is 0.635 bits per heavy atom. The standard InChI is InChI=1S/C59H81N17O20/c1-31(2)48(73-49(82)34-14-6-7-15-35(34)60)56(89)72-43(30-78)57(90)74-25-11-18-44(74)55(88)68-38(17-10-24-65-59(62)63)51(84)71-42(29-77)54(87)69-40(26-32-12-4-3-5-13-32)53(86)67-39(21-22-46(61)79)52(85)66-37(50(83)70-41(58(91)92)28-47(80)81)16-8-9-23-64-36-20-19-33(75(93)94)27-45(36)76(95)96/h3-7,12-15,19-20,27,31,37-44,48,64,77-78H,8-11,16-18,21-26,28-30,60H2,1-2H3,(H2,61,79)(H,66,85)(H,67,86)(H,68,88)(H,69,87)(H,70,83)(H,71,84)(H,72,89)(H,73,82)(H,80,81)(H,91,92)(H4,62,63,65)/t37-,38-,39-,40-,41-,42-,43-,44-,48-/m0/s1. The number of guanidine groups is 1. The van der Waals surface area contributed by atoms with Gasteiger partial charge in [0.25, 0.3) is 17.3 Å². The maximum absolute atomic E-state index is 14.5. The monoisotopic (exact) mass is 1350 g/mol. The molecule has 3 aromatic carbocycles. The van der Waals surface area contributed by atoms with Crippen molar-refractivity contribution in [1.29, 1.82) is 0 Å². The van der Waals surface area contributed by atoms with Crippen molar-refractivity contribution in [3.8, 4) is 0 Å². The van der Waals surface area contributed by atoms with Crippen LogP contribution in [0.15, 0.2) is 77.8 Å². The summed E-state index contributed by atoms with van der Waals surface area (Å²) in [4.78, 5) is 188. The molecule has 21 N–H and O–H groups in total. The van der Waals surface area contributed by atoms with Crippen molar-refractivity contribution in [3.05, 3.63) is 104 Å². The quantitative estimate of drug-likeness (QED) is 0.00659. The number of benzene rings is 3. The predicted molar refractivity (Wildman–Crippen MR) is 340 cm³/mol. The lowest BCUT2D eigenvalue weighted by Gasteiger charge is -2.30. The number of amides is 10. The molecule has 0 aromatic heterocycles. The number of nitrogens with zero attached hydrogens (tertiary/aromatic N) is 4. The average molecular weight is 1350 g/mol. The zero-order chi connectivity index (χ0) is 71.3. The molecule has 0 radical (unpaired) electrons. The number of anilines is 2. The van der Waals surface area contributed by atoms with E-state index < -0.39 is 185 Å². The van der Waals surface area contributed by atoms with Crippen molar-refractivity contribution in [2.24, 2.45) is 28.1 Å². The van der Waals surface area contributed by atoms with E-state index in [4.69, 9.17) is 22.9 Å². The Bertz CT molecular complexity index is 3330. The largest absolute Gasteiger partial charge is 0.481 e. The number of rotatable bonds is 40. The fourth-order valence-corrected chi connectivity index (χ4v) is 9.89. The van der Waals surface area contributed by atoms with Crippen LogP contribution in [-0.4, -0.2) is 199 Å². The first-order valence-electron chi connectivity index (χ1n) is 30.3. The molecule has 1 saturated heterocycles. The van der Waals surface area contributed by atoms with Gasteiger partial charge in [0.2, 0.25) is 53.2 Å². The number of nitrogens with one attached hydrogen (secondary N) is 9. The van der Waals surface area contributed by atoms with Gasteiger partial charge in [0.05, 0.1) is 41.1 Å². The van der Waals surface area contributed by atoms with E-state index in [-0.39, 0.29) is 93.9 Å². The summed E-state index contributed by atoms with van der Waals surface area (Å²) in [5, 5.41) is 85.0. The molecular weight excluding hydrogens is 1270 g/mol. The number of primary amides is 1. The summed E-state index contributed by atoms with van der Waals surface area (Å²) in [6.45, 7) is 0.998. The molecule has 0 saturated carbocycles. The summed E-state index contributed by atoms with van der Waals surface area (Å²) in [7, 11) is 0. The number of unbranched alkanes of at least 4 members (excludes halogenated alkanes) is 1. The molecule has 4 rings (SSSR count). The number of non-ortho nitro benzene ring substituents is 1. The first-order valence-corrected chi connectivity index (χ1v) is 30.3. The summed E-state index contributed by atoms with van der Waals surface area (Å²) < 4.78 is 0. The number of carboxylic acids is 2. The molecule has 0 bridgehead atoms. The van der Waals surface area contributed by atoms with Gasteiger partial charge in [0, 0.05) is 44.2 Å². The number of carbonyl (C=O) groups excluding carboxylic acids is 10. The summed E-state index contributed by atoms with van der Waals surface area (Å²) in [6, 6.07) is 2.07. The topological polar surface area (TPSA) is 600 Å². The second kappa shape index (κ2) is 38.2. The van der Waals surface area contributed by atoms with Crippen molar-refractivity contribution in [2.45, 2.75) is 139 Å². The van der Waals surface area contributed by atoms with Gasteiger partial charge in [-0.05, 0) is 81.0 Å². The van der Waals surface area contributed by atoms with E-state index in [0.717, 1.165) is 23.1 Å². The third kappa shape index (κ3) is 24.4. The minimum Gasteiger partial charge on any atom is -0.481 e. The van der Waals surface area contributed by atoms with E-state index in [9.17, 15) is 98.2 Å². The molecule has 37 heteroatoms. The smallest absolute Gasteiger partial charge is 0.326 e. The van der Waals surface area contributed by atoms with Crippen LogP contribution >= 0.6 is 0 Å². The van der Waals surface area contributed by atoms with E-state index in [1.165, 1.54) is 12.1 Å². The van der Waals surface area contributed by atoms with Gasteiger partial charge >= 0.3 is 11.9 Å². The Morgan fingerprint density at radius 3 is 1.76 bits per heavy atom. The van der Waals surface area contributed by atoms with Crippen LogP contribution in [0, 0.1) is 26.1 Å². The Balaban J connectivity index is 1.56. The Morgan fingerprint density at radius 2 is 1.19 bits per heavy atom. The van der Waals surface area contributed by atoms with Gasteiger partial charge in [-0.25, -0.2) is 4.79 Å². The molecule has 3 aromatic rings. The third-order valence-electron chi connectivity index (χ3n) is 14.9. The van der Waals surface area contributed by atoms with Crippen LogP contribution in [0.5, 0.6) is 0 Å². The molecule has 1 heterocycles. The van der Waals surface area contributed by atoms with Crippen molar-refractivity contribution >= 4 is 99.7 Å². The van der Waals surface area contributed by atoms with Gasteiger partial charge in [-0.15, -0.1) is 0 Å². The van der Waals surface area contributed by atoms with Crippen LogP contribution in [0.25, 0.3) is 0 Å². The lowest BCUT2D eigenvalue weighted by Crippen LogP contribution is -2.61. The minimum absolute atomic E-state index is 0.0174. The van der Waals surface area contributed by atoms with Gasteiger partial charge in [0.15, 0.2) is 5.96 Å². The van der Waals surface area contributed by atoms with Gasteiger partial charge < -0.3 is 96.1 Å². The fourth-order valence-electron chi connectivity index (χ4n) is 9.89. The molecule has 37 nitrogen and oxygen atoms in total. The first kappa shape index (κ1) is 77.3. The highest BCUT2D eigenvalue weighted by atomic mass is 16.6. The number of hydrogen-bond donors (Lipinski definition) is 17. The molecule has 522 valence electrons. The van der Waals surface area contributed by atoms with Crippen LogP contribution in [0.2, 0.25) is 0 Å². The van der Waals surface area contributed by atoms with Crippen LogP contribution in [0.1, 0.15) is 94.0 Å². The number of nitro groups is 2. The molecule has 9 atom stereocenters. The summed E-state index contributed by atoms with van der Waals surface area (Å²) in [5.74, 6) is -14.4. The predicted octanol–water partition coefficient (Wildman–Crippen LogP) is -3.39. The number of para-hydroxylation sites is 1. The van der Waals surface area contributed by atoms with Crippen LogP contribution in [-0.2, 0) is 59.2 Å². The highest BCUT2D eigenvalue weighted by molar-refractivity contribution is 6.03. The van der Waals surface area contributed by atoms with Crippen molar-refractivity contribution < 1.29 is 87.8 Å². The normalized spacial score (nSPS) is 15.0. The van der Waals surface area contributed by atoms with Gasteiger partial charge in [0.1, 0.15) is 60.1 Å². The lowest BCUT2D eigenvalue weighted by molar-refractivity contribution is -0.393. The minimum atomic E-state index is -2.02. The van der Waals surface area contributed by atoms with E-state index in [0.29, 0.717) is 5.56 Å². The van der Waals surface area contributed by atoms with Crippen molar-refractivity contribution in [3.63, 3.8) is 0 Å². The molecule has 1 aliphatic heterocycles. The number of aliphatic imine (C=N–C) groups is 1. The van der Waals surface area contributed by atoms with E-state index >= 15 is 0 Å². The second-order valence-electron chi connectivity index (χ2n) is 22.5. The number of carbonyl (C=O) groups is 12. The number of likely N-dealkylation sites (tertiary alicyclic amines) is 1. The number of nitro benzene ring substituents is 2. The van der Waals surface area contributed by atoms with Crippen LogP contribution in [0.4, 0.5) is 22.7 Å². The number of nitrogens with two attached hydrogens (primary N) is 4. The Hall–Kier alpha value is -11.1. The van der Waals surface area contributed by atoms with Crippen LogP contribution in [0.3, 0.4) is 0 Å². The summed E-state index contributed by atoms with van der Waals surface area (Å²) in [6.07, 6.45) is -2.86. The van der Waals surface area contributed by atoms with E-state index in [1.54, 1.807) is 56.3 Å². The summed E-state index contributed by atoms with van der Waals surface area (Å²) >= 11 is 0. The third-order valence-corrected chi connectivity index (χ3v) is 14.9. The molecule has 0 unspecified atom stereocenters. The summed E-state index contributed by atoms with van der Waals surface area (Å²) in [5.41, 5.74) is 21.7. The second-order valence-corrected chi connectivity index (χ2v) is 22.5. The highest BCUT2D eigenvalue weighted by Crippen LogP contribution is 2.29. The number of carboxylic acid groups (broad SMARTS) is 2. The molecule has 1 fully saturated rings. The van der Waals surface area contributed by atoms with E-state index in [2.05, 4.69) is 47.5 Å². The zero-order valence-electron chi connectivity index (χ0n) is 52.4. The van der Waals surface area contributed by atoms with Crippen LogP contribution < -0.4 is 70.8 Å². The lowest BCUT2D eigenvalue weighted by atomic mass is 10.0. The maximum Gasteiger partial charge on any atom is 0.326 e.